The monoisotopic (exact) mass is 439 g/mol. The lowest BCUT2D eigenvalue weighted by Crippen LogP contribution is -2.06. The number of ether oxygens (including phenoxy) is 2. The molecule has 0 fully saturated rings. The second-order valence-electron chi connectivity index (χ2n) is 6.81. The molecule has 31 heavy (non-hydrogen) atoms. The quantitative estimate of drug-likeness (QED) is 0.233. The summed E-state index contributed by atoms with van der Waals surface area (Å²) in [6.07, 6.45) is 3.12. The van der Waals surface area contributed by atoms with Crippen LogP contribution in [0.15, 0.2) is 42.7 Å². The van der Waals surface area contributed by atoms with Gasteiger partial charge in [-0.15, -0.1) is 0 Å². The van der Waals surface area contributed by atoms with Crippen LogP contribution < -0.4 is 15.8 Å². The summed E-state index contributed by atoms with van der Waals surface area (Å²) in [6.45, 7) is 2.87. The number of aryl methyl sites for hydroxylation is 1. The van der Waals surface area contributed by atoms with Crippen LogP contribution in [-0.2, 0) is 18.5 Å². The molecule has 9 nitrogen and oxygen atoms in total. The lowest BCUT2D eigenvalue weighted by molar-refractivity contribution is 0.0902. The van der Waals surface area contributed by atoms with E-state index in [2.05, 4.69) is 26.9 Å². The molecule has 0 aliphatic heterocycles. The van der Waals surface area contributed by atoms with Crippen molar-refractivity contribution >= 4 is 38.0 Å². The number of anilines is 3. The molecule has 0 spiro atoms. The molecule has 1 aromatic carbocycles. The zero-order chi connectivity index (χ0) is 21.8. The second kappa shape index (κ2) is 9.14. The van der Waals surface area contributed by atoms with Gasteiger partial charge in [0.1, 0.15) is 23.9 Å². The van der Waals surface area contributed by atoms with Crippen molar-refractivity contribution in [1.82, 2.24) is 24.3 Å². The summed E-state index contributed by atoms with van der Waals surface area (Å²) in [5, 5.41) is 7.47. The Morgan fingerprint density at radius 1 is 1.26 bits per heavy atom. The third-order valence-electron chi connectivity index (χ3n) is 4.39. The van der Waals surface area contributed by atoms with Crippen molar-refractivity contribution in [3.05, 3.63) is 48.5 Å². The van der Waals surface area contributed by atoms with E-state index in [1.165, 1.54) is 6.20 Å². The smallest absolute Gasteiger partial charge is 0.438 e. The van der Waals surface area contributed by atoms with Gasteiger partial charge in [-0.05, 0) is 12.1 Å². The molecule has 0 amide bonds. The molecule has 159 valence electrons. The number of fused-ring (bicyclic) bond motifs is 1. The molecule has 1 radical (unpaired) electrons. The van der Waals surface area contributed by atoms with Crippen molar-refractivity contribution in [2.45, 2.75) is 19.3 Å². The largest absolute Gasteiger partial charge is 0.479 e. The van der Waals surface area contributed by atoms with Crippen molar-refractivity contribution in [1.29, 1.82) is 0 Å². The summed E-state index contributed by atoms with van der Waals surface area (Å²) in [7, 11) is 2.60. The summed E-state index contributed by atoms with van der Waals surface area (Å²) in [5.74, 6) is 0.783. The first-order valence-electron chi connectivity index (χ1n) is 9.62. The SMILES string of the molecule is C[Si+]CCOCn1cc(F)c2c(Oc3cccc(N)c3)nc(Nc3ccn(C)n3)nc21. The Bertz CT molecular complexity index is 1190. The van der Waals surface area contributed by atoms with E-state index < -0.39 is 5.82 Å². The number of hydrogen-bond donors (Lipinski definition) is 2. The van der Waals surface area contributed by atoms with Gasteiger partial charge in [-0.25, -0.2) is 4.39 Å². The van der Waals surface area contributed by atoms with E-state index >= 15 is 0 Å². The van der Waals surface area contributed by atoms with Crippen LogP contribution in [0.4, 0.5) is 21.8 Å². The molecule has 0 saturated heterocycles. The predicted octanol–water partition coefficient (Wildman–Crippen LogP) is 3.57. The van der Waals surface area contributed by atoms with E-state index in [0.29, 0.717) is 29.5 Å². The number of nitrogens with two attached hydrogens (primary N) is 1. The van der Waals surface area contributed by atoms with Gasteiger partial charge in [0.2, 0.25) is 11.8 Å². The Kier molecular flexibility index (Phi) is 6.14. The number of nitrogen functional groups attached to an aromatic ring is 1. The number of nitrogens with zero attached hydrogens (tertiary/aromatic N) is 5. The molecular formula is C20H22FN7O2Si+. The minimum atomic E-state index is -0.501. The average Bonchev–Trinajstić information content (AvgIpc) is 3.28. The van der Waals surface area contributed by atoms with Crippen LogP contribution in [0, 0.1) is 5.82 Å². The van der Waals surface area contributed by atoms with Gasteiger partial charge in [-0.1, -0.05) is 6.07 Å². The van der Waals surface area contributed by atoms with Crippen LogP contribution in [-0.4, -0.2) is 40.4 Å². The number of rotatable bonds is 9. The molecule has 0 aliphatic carbocycles. The van der Waals surface area contributed by atoms with Crippen LogP contribution in [0.1, 0.15) is 0 Å². The fourth-order valence-corrected chi connectivity index (χ4v) is 3.31. The first-order chi connectivity index (χ1) is 15.0. The Hall–Kier alpha value is -3.44. The topological polar surface area (TPSA) is 105 Å². The summed E-state index contributed by atoms with van der Waals surface area (Å²) < 4.78 is 29.7. The van der Waals surface area contributed by atoms with Crippen molar-refractivity contribution in [3.63, 3.8) is 0 Å². The third-order valence-corrected chi connectivity index (χ3v) is 5.09. The van der Waals surface area contributed by atoms with Gasteiger partial charge in [0.05, 0.1) is 13.2 Å². The van der Waals surface area contributed by atoms with Gasteiger partial charge in [0.15, 0.2) is 17.3 Å². The first kappa shape index (κ1) is 20.8. The number of aromatic nitrogens is 5. The molecule has 11 heteroatoms. The molecule has 4 rings (SSSR count). The van der Waals surface area contributed by atoms with Crippen LogP contribution in [0.5, 0.6) is 11.6 Å². The summed E-state index contributed by atoms with van der Waals surface area (Å²) >= 11 is 0. The summed E-state index contributed by atoms with van der Waals surface area (Å²) in [4.78, 5) is 8.87. The fraction of sp³-hybridized carbons (Fsp3) is 0.250. The highest BCUT2D eigenvalue weighted by Gasteiger charge is 2.20. The fourth-order valence-electron chi connectivity index (χ4n) is 2.96. The Balaban J connectivity index is 1.74. The van der Waals surface area contributed by atoms with Gasteiger partial charge in [0.25, 0.3) is 0 Å². The van der Waals surface area contributed by atoms with Gasteiger partial charge in [-0.3, -0.25) is 4.68 Å². The first-order valence-corrected chi connectivity index (χ1v) is 11.3. The lowest BCUT2D eigenvalue weighted by Gasteiger charge is -2.10. The minimum Gasteiger partial charge on any atom is -0.438 e. The highest BCUT2D eigenvalue weighted by molar-refractivity contribution is 6.33. The molecule has 3 aromatic heterocycles. The average molecular weight is 440 g/mol. The Morgan fingerprint density at radius 2 is 2.13 bits per heavy atom. The highest BCUT2D eigenvalue weighted by Crippen LogP contribution is 2.33. The summed E-state index contributed by atoms with van der Waals surface area (Å²) in [5.41, 5.74) is 6.72. The maximum Gasteiger partial charge on any atom is 0.479 e. The number of hydrogen-bond acceptors (Lipinski definition) is 7. The van der Waals surface area contributed by atoms with E-state index in [0.717, 1.165) is 15.6 Å². The highest BCUT2D eigenvalue weighted by atomic mass is 28.2. The maximum absolute atomic E-state index is 14.9. The molecule has 0 atom stereocenters. The molecule has 3 N–H and O–H groups in total. The normalized spacial score (nSPS) is 11.1. The van der Waals surface area contributed by atoms with Crippen LogP contribution >= 0.6 is 0 Å². The predicted molar refractivity (Wildman–Crippen MR) is 117 cm³/mol. The molecule has 3 heterocycles. The number of halogens is 1. The Morgan fingerprint density at radius 3 is 2.87 bits per heavy atom. The van der Waals surface area contributed by atoms with E-state index in [4.69, 9.17) is 15.2 Å². The van der Waals surface area contributed by atoms with E-state index in [-0.39, 0.29) is 23.9 Å². The number of benzene rings is 1. The lowest BCUT2D eigenvalue weighted by atomic mass is 10.3. The summed E-state index contributed by atoms with van der Waals surface area (Å²) in [6, 6.07) is 9.58. The molecule has 0 bridgehead atoms. The zero-order valence-electron chi connectivity index (χ0n) is 17.2. The van der Waals surface area contributed by atoms with Crippen LogP contribution in [0.25, 0.3) is 11.0 Å². The molecule has 0 saturated carbocycles. The van der Waals surface area contributed by atoms with Crippen LogP contribution in [0.2, 0.25) is 12.6 Å². The third kappa shape index (κ3) is 4.83. The van der Waals surface area contributed by atoms with Gasteiger partial charge >= 0.3 is 9.52 Å². The van der Waals surface area contributed by atoms with Gasteiger partial charge in [0, 0.05) is 37.3 Å². The van der Waals surface area contributed by atoms with Crippen molar-refractivity contribution in [2.75, 3.05) is 17.7 Å². The van der Waals surface area contributed by atoms with E-state index in [1.54, 1.807) is 52.8 Å². The van der Waals surface area contributed by atoms with Gasteiger partial charge in [-0.2, -0.15) is 15.1 Å². The van der Waals surface area contributed by atoms with E-state index in [1.807, 2.05) is 0 Å². The molecule has 0 aliphatic rings. The molecular weight excluding hydrogens is 417 g/mol. The van der Waals surface area contributed by atoms with Crippen molar-refractivity contribution in [3.8, 4) is 11.6 Å². The van der Waals surface area contributed by atoms with E-state index in [9.17, 15) is 4.39 Å². The number of nitrogens with one attached hydrogen (secondary N) is 1. The van der Waals surface area contributed by atoms with Crippen LogP contribution in [0.3, 0.4) is 0 Å². The maximum atomic E-state index is 14.9. The minimum absolute atomic E-state index is 0.0697. The second-order valence-corrected chi connectivity index (χ2v) is 8.02. The zero-order valence-corrected chi connectivity index (χ0v) is 18.2. The van der Waals surface area contributed by atoms with Crippen molar-refractivity contribution in [2.24, 2.45) is 7.05 Å². The Labute approximate surface area is 180 Å². The molecule has 4 aromatic rings. The van der Waals surface area contributed by atoms with Gasteiger partial charge < -0.3 is 25.1 Å². The van der Waals surface area contributed by atoms with Crippen molar-refractivity contribution < 1.29 is 13.9 Å². The standard InChI is InChI=1S/C20H22FN7O2Si/c1-27-7-6-16(26-27)23-20-24-18-17(15(21)11-28(18)12-29-8-9-31-2)19(25-20)30-14-5-3-4-13(22)10-14/h3-7,10-11H,8-9,12,22H2,1-2H3,(H,23,24,25,26)/q+1. The molecule has 0 unspecified atom stereocenters.